The monoisotopic (exact) mass is 388 g/mol. The van der Waals surface area contributed by atoms with Crippen molar-refractivity contribution in [3.8, 4) is 0 Å². The molecule has 6 heteroatoms. The summed E-state index contributed by atoms with van der Waals surface area (Å²) in [6.45, 7) is 4.62. The number of rotatable bonds is 4. The Hall–Kier alpha value is -3.41. The third kappa shape index (κ3) is 3.78. The lowest BCUT2D eigenvalue weighted by atomic mass is 10.1. The molecule has 0 spiro atoms. The zero-order valence-corrected chi connectivity index (χ0v) is 16.7. The van der Waals surface area contributed by atoms with E-state index >= 15 is 0 Å². The van der Waals surface area contributed by atoms with E-state index in [0.717, 1.165) is 41.8 Å². The first-order valence-electron chi connectivity index (χ1n) is 9.88. The fourth-order valence-electron chi connectivity index (χ4n) is 3.79. The summed E-state index contributed by atoms with van der Waals surface area (Å²) in [7, 11) is 0. The molecule has 0 unspecified atom stereocenters. The molecule has 0 radical (unpaired) electrons. The first-order chi connectivity index (χ1) is 14.0. The zero-order valence-electron chi connectivity index (χ0n) is 16.7. The van der Waals surface area contributed by atoms with Crippen molar-refractivity contribution in [2.24, 2.45) is 0 Å². The molecule has 2 aromatic carbocycles. The van der Waals surface area contributed by atoms with Crippen molar-refractivity contribution in [2.75, 3.05) is 10.6 Å². The van der Waals surface area contributed by atoms with E-state index in [-0.39, 0.29) is 17.6 Å². The fraction of sp³-hybridized carbons (Fsp3) is 0.261. The standard InChI is InChI=1S/C23H24N4O2/c1-15-9-8-10-16(2)19(15)26-22(28)20-18-13-6-7-14-27(18)21(25-20)23(29)24-17-11-4-3-5-12-17/h3-5,8-12H,6-7,13-14H2,1-2H3,(H,24,29)(H,26,28). The highest BCUT2D eigenvalue weighted by molar-refractivity contribution is 6.07. The number of carbonyl (C=O) groups is 2. The van der Waals surface area contributed by atoms with Crippen LogP contribution in [0.25, 0.3) is 0 Å². The lowest BCUT2D eigenvalue weighted by Crippen LogP contribution is -2.21. The third-order valence-electron chi connectivity index (χ3n) is 5.29. The Morgan fingerprint density at radius 1 is 0.897 bits per heavy atom. The Morgan fingerprint density at radius 3 is 2.34 bits per heavy atom. The molecule has 0 atom stereocenters. The number of para-hydroxylation sites is 2. The van der Waals surface area contributed by atoms with Crippen molar-refractivity contribution in [1.29, 1.82) is 0 Å². The summed E-state index contributed by atoms with van der Waals surface area (Å²) in [4.78, 5) is 30.4. The Kier molecular flexibility index (Phi) is 5.16. The van der Waals surface area contributed by atoms with Gasteiger partial charge in [-0.05, 0) is 56.4 Å². The fourth-order valence-corrected chi connectivity index (χ4v) is 3.79. The van der Waals surface area contributed by atoms with Gasteiger partial charge in [0, 0.05) is 17.9 Å². The van der Waals surface area contributed by atoms with Crippen molar-refractivity contribution < 1.29 is 9.59 Å². The molecular weight excluding hydrogens is 364 g/mol. The predicted octanol–water partition coefficient (Wildman–Crippen LogP) is 4.34. The molecule has 4 rings (SSSR count). The lowest BCUT2D eigenvalue weighted by molar-refractivity contribution is 0.101. The lowest BCUT2D eigenvalue weighted by Gasteiger charge is -2.17. The van der Waals surface area contributed by atoms with Gasteiger partial charge < -0.3 is 15.2 Å². The molecule has 0 bridgehead atoms. The van der Waals surface area contributed by atoms with Gasteiger partial charge in [0.2, 0.25) is 0 Å². The number of benzene rings is 2. The number of hydrogen-bond acceptors (Lipinski definition) is 3. The van der Waals surface area contributed by atoms with Crippen LogP contribution < -0.4 is 10.6 Å². The molecule has 2 amide bonds. The van der Waals surface area contributed by atoms with Gasteiger partial charge in [0.15, 0.2) is 11.5 Å². The summed E-state index contributed by atoms with van der Waals surface area (Å²) >= 11 is 0. The van der Waals surface area contributed by atoms with E-state index in [1.165, 1.54) is 0 Å². The molecule has 0 saturated heterocycles. The summed E-state index contributed by atoms with van der Waals surface area (Å²) in [6, 6.07) is 15.2. The van der Waals surface area contributed by atoms with E-state index < -0.39 is 0 Å². The van der Waals surface area contributed by atoms with Crippen LogP contribution in [0, 0.1) is 13.8 Å². The predicted molar refractivity (Wildman–Crippen MR) is 113 cm³/mol. The smallest absolute Gasteiger partial charge is 0.291 e. The average Bonchev–Trinajstić information content (AvgIpc) is 3.11. The van der Waals surface area contributed by atoms with Crippen LogP contribution >= 0.6 is 0 Å². The number of aryl methyl sites for hydroxylation is 2. The van der Waals surface area contributed by atoms with Crippen LogP contribution in [0.5, 0.6) is 0 Å². The van der Waals surface area contributed by atoms with Gasteiger partial charge in [0.05, 0.1) is 5.69 Å². The van der Waals surface area contributed by atoms with E-state index in [2.05, 4.69) is 15.6 Å². The van der Waals surface area contributed by atoms with Crippen LogP contribution in [0.15, 0.2) is 48.5 Å². The van der Waals surface area contributed by atoms with E-state index in [1.807, 2.05) is 66.9 Å². The van der Waals surface area contributed by atoms with Crippen LogP contribution in [0.4, 0.5) is 11.4 Å². The average molecular weight is 388 g/mol. The van der Waals surface area contributed by atoms with Crippen LogP contribution in [-0.4, -0.2) is 21.4 Å². The van der Waals surface area contributed by atoms with Crippen molar-refractivity contribution in [3.05, 3.63) is 76.9 Å². The summed E-state index contributed by atoms with van der Waals surface area (Å²) in [5, 5.41) is 5.87. The number of aromatic nitrogens is 2. The highest BCUT2D eigenvalue weighted by Crippen LogP contribution is 2.25. The number of imidazole rings is 1. The third-order valence-corrected chi connectivity index (χ3v) is 5.29. The van der Waals surface area contributed by atoms with Gasteiger partial charge in [-0.15, -0.1) is 0 Å². The first-order valence-corrected chi connectivity index (χ1v) is 9.88. The van der Waals surface area contributed by atoms with Gasteiger partial charge in [-0.2, -0.15) is 0 Å². The van der Waals surface area contributed by atoms with Crippen LogP contribution in [-0.2, 0) is 13.0 Å². The maximum absolute atomic E-state index is 13.1. The summed E-state index contributed by atoms with van der Waals surface area (Å²) in [5.74, 6) is -0.285. The topological polar surface area (TPSA) is 76.0 Å². The number of anilines is 2. The van der Waals surface area contributed by atoms with E-state index in [1.54, 1.807) is 0 Å². The van der Waals surface area contributed by atoms with Gasteiger partial charge in [-0.3, -0.25) is 9.59 Å². The SMILES string of the molecule is Cc1cccc(C)c1NC(=O)c1nc(C(=O)Nc2ccccc2)n2c1CCCC2. The van der Waals surface area contributed by atoms with E-state index in [0.29, 0.717) is 17.9 Å². The van der Waals surface area contributed by atoms with Gasteiger partial charge in [-0.1, -0.05) is 36.4 Å². The maximum Gasteiger partial charge on any atom is 0.291 e. The number of nitrogens with one attached hydrogen (secondary N) is 2. The molecule has 148 valence electrons. The molecule has 6 nitrogen and oxygen atoms in total. The van der Waals surface area contributed by atoms with Crippen molar-refractivity contribution in [3.63, 3.8) is 0 Å². The number of carbonyl (C=O) groups excluding carboxylic acids is 2. The molecule has 0 fully saturated rings. The second-order valence-corrected chi connectivity index (χ2v) is 7.38. The minimum absolute atomic E-state index is 0.271. The highest BCUT2D eigenvalue weighted by atomic mass is 16.2. The highest BCUT2D eigenvalue weighted by Gasteiger charge is 2.28. The molecule has 1 aliphatic rings. The van der Waals surface area contributed by atoms with Gasteiger partial charge in [0.1, 0.15) is 0 Å². The van der Waals surface area contributed by atoms with Crippen LogP contribution in [0.2, 0.25) is 0 Å². The number of hydrogen-bond donors (Lipinski definition) is 2. The quantitative estimate of drug-likeness (QED) is 0.698. The van der Waals surface area contributed by atoms with Gasteiger partial charge >= 0.3 is 0 Å². The molecule has 0 saturated carbocycles. The van der Waals surface area contributed by atoms with Crippen molar-refractivity contribution in [1.82, 2.24) is 9.55 Å². The summed E-state index contributed by atoms with van der Waals surface area (Å²) in [5.41, 5.74) is 4.66. The molecular formula is C23H24N4O2. The minimum Gasteiger partial charge on any atom is -0.323 e. The maximum atomic E-state index is 13.1. The minimum atomic E-state index is -0.300. The Balaban J connectivity index is 1.66. The van der Waals surface area contributed by atoms with Gasteiger partial charge in [0.25, 0.3) is 11.8 Å². The zero-order chi connectivity index (χ0) is 20.4. The summed E-state index contributed by atoms with van der Waals surface area (Å²) < 4.78 is 1.89. The van der Waals surface area contributed by atoms with Gasteiger partial charge in [-0.25, -0.2) is 4.98 Å². The second-order valence-electron chi connectivity index (χ2n) is 7.38. The molecule has 2 N–H and O–H groups in total. The molecule has 3 aromatic rings. The van der Waals surface area contributed by atoms with Crippen molar-refractivity contribution in [2.45, 2.75) is 39.7 Å². The number of fused-ring (bicyclic) bond motifs is 1. The molecule has 0 aliphatic carbocycles. The normalized spacial score (nSPS) is 12.9. The Morgan fingerprint density at radius 2 is 1.62 bits per heavy atom. The molecule has 29 heavy (non-hydrogen) atoms. The number of amides is 2. The summed E-state index contributed by atoms with van der Waals surface area (Å²) in [6.07, 6.45) is 2.68. The molecule has 1 aromatic heterocycles. The number of nitrogens with zero attached hydrogens (tertiary/aromatic N) is 2. The Bertz CT molecular complexity index is 1050. The first kappa shape index (κ1) is 18.9. The second kappa shape index (κ2) is 7.91. The van der Waals surface area contributed by atoms with Crippen molar-refractivity contribution >= 4 is 23.2 Å². The van der Waals surface area contributed by atoms with E-state index in [9.17, 15) is 9.59 Å². The molecule has 1 aliphatic heterocycles. The Labute approximate surface area is 170 Å². The largest absolute Gasteiger partial charge is 0.323 e. The van der Waals surface area contributed by atoms with Crippen LogP contribution in [0.1, 0.15) is 50.8 Å². The van der Waals surface area contributed by atoms with Crippen LogP contribution in [0.3, 0.4) is 0 Å². The molecule has 2 heterocycles. The van der Waals surface area contributed by atoms with E-state index in [4.69, 9.17) is 0 Å².